The van der Waals surface area contributed by atoms with Crippen molar-refractivity contribution in [3.8, 4) is 11.5 Å². The number of nitrogens with one attached hydrogen (secondary N) is 2. The molecule has 2 aromatic carbocycles. The monoisotopic (exact) mass is 412 g/mol. The first kappa shape index (κ1) is 21.0. The van der Waals surface area contributed by atoms with Gasteiger partial charge in [-0.1, -0.05) is 23.7 Å². The average Bonchev–Trinajstić information content (AvgIpc) is 2.60. The minimum Gasteiger partial charge on any atom is -0.495 e. The van der Waals surface area contributed by atoms with Crippen LogP contribution in [-0.2, 0) is 14.8 Å². The molecule has 0 unspecified atom stereocenters. The molecule has 0 bridgehead atoms. The molecule has 0 aliphatic heterocycles. The quantitative estimate of drug-likeness (QED) is 0.695. The summed E-state index contributed by atoms with van der Waals surface area (Å²) in [6.45, 7) is 3.14. The van der Waals surface area contributed by atoms with Gasteiger partial charge in [-0.2, -0.15) is 0 Å². The Balaban J connectivity index is 2.15. The van der Waals surface area contributed by atoms with Gasteiger partial charge in [0.05, 0.1) is 22.7 Å². The molecule has 0 saturated carbocycles. The van der Waals surface area contributed by atoms with Crippen LogP contribution in [0.3, 0.4) is 0 Å². The summed E-state index contributed by atoms with van der Waals surface area (Å²) >= 11 is 5.98. The van der Waals surface area contributed by atoms with E-state index in [0.29, 0.717) is 16.5 Å². The summed E-state index contributed by atoms with van der Waals surface area (Å²) < 4.78 is 37.7. The third-order valence-electron chi connectivity index (χ3n) is 3.34. The first-order valence-corrected chi connectivity index (χ1v) is 9.96. The first-order valence-electron chi connectivity index (χ1n) is 8.10. The topological polar surface area (TPSA) is 93.7 Å². The molecule has 0 spiro atoms. The highest BCUT2D eigenvalue weighted by molar-refractivity contribution is 7.89. The van der Waals surface area contributed by atoms with E-state index in [1.54, 1.807) is 38.1 Å². The van der Waals surface area contributed by atoms with Crippen LogP contribution in [0.1, 0.15) is 13.8 Å². The van der Waals surface area contributed by atoms with Crippen LogP contribution >= 0.6 is 11.6 Å². The number of sulfonamides is 1. The van der Waals surface area contributed by atoms with Gasteiger partial charge in [0.1, 0.15) is 11.5 Å². The van der Waals surface area contributed by atoms with Crippen LogP contribution in [0, 0.1) is 0 Å². The second-order valence-electron chi connectivity index (χ2n) is 5.91. The average molecular weight is 413 g/mol. The Hall–Kier alpha value is -2.29. The molecule has 0 fully saturated rings. The first-order chi connectivity index (χ1) is 12.7. The fourth-order valence-corrected chi connectivity index (χ4v) is 3.69. The summed E-state index contributed by atoms with van der Waals surface area (Å²) in [4.78, 5) is 12.2. The number of carbonyl (C=O) groups is 1. The number of ether oxygens (including phenoxy) is 2. The molecule has 0 aliphatic rings. The summed E-state index contributed by atoms with van der Waals surface area (Å²) in [5.74, 6) is 0.211. The molecule has 2 N–H and O–H groups in total. The van der Waals surface area contributed by atoms with E-state index in [0.717, 1.165) is 0 Å². The van der Waals surface area contributed by atoms with E-state index >= 15 is 0 Å². The Morgan fingerprint density at radius 2 is 1.85 bits per heavy atom. The molecule has 2 aromatic rings. The maximum absolute atomic E-state index is 12.3. The summed E-state index contributed by atoms with van der Waals surface area (Å²) in [6, 6.07) is 10.7. The predicted molar refractivity (Wildman–Crippen MR) is 104 cm³/mol. The maximum atomic E-state index is 12.3. The van der Waals surface area contributed by atoms with Gasteiger partial charge in [0.25, 0.3) is 5.91 Å². The van der Waals surface area contributed by atoms with E-state index in [2.05, 4.69) is 10.0 Å². The Labute approximate surface area is 163 Å². The number of rotatable bonds is 8. The lowest BCUT2D eigenvalue weighted by molar-refractivity contribution is -0.118. The number of hydrogen-bond acceptors (Lipinski definition) is 5. The maximum Gasteiger partial charge on any atom is 0.262 e. The molecule has 0 aromatic heterocycles. The van der Waals surface area contributed by atoms with Crippen LogP contribution in [0.2, 0.25) is 5.02 Å². The van der Waals surface area contributed by atoms with Crippen molar-refractivity contribution in [2.24, 2.45) is 0 Å². The normalized spacial score (nSPS) is 11.3. The number of halogens is 1. The van der Waals surface area contributed by atoms with Gasteiger partial charge in [-0.25, -0.2) is 13.1 Å². The van der Waals surface area contributed by atoms with E-state index in [4.69, 9.17) is 21.1 Å². The van der Waals surface area contributed by atoms with Crippen molar-refractivity contribution < 1.29 is 22.7 Å². The zero-order valence-electron chi connectivity index (χ0n) is 15.2. The second kappa shape index (κ2) is 9.07. The Bertz CT molecular complexity index is 916. The van der Waals surface area contributed by atoms with Crippen LogP contribution in [0.15, 0.2) is 47.4 Å². The van der Waals surface area contributed by atoms with E-state index in [1.807, 2.05) is 0 Å². The molecule has 146 valence electrons. The van der Waals surface area contributed by atoms with E-state index in [9.17, 15) is 13.2 Å². The van der Waals surface area contributed by atoms with E-state index in [1.165, 1.54) is 25.3 Å². The van der Waals surface area contributed by atoms with Gasteiger partial charge in [-0.15, -0.1) is 0 Å². The fraction of sp³-hybridized carbons (Fsp3) is 0.278. The SMILES string of the molecule is COc1ccc(S(=O)(=O)NC(C)C)cc1NC(=O)COc1ccccc1Cl. The highest BCUT2D eigenvalue weighted by atomic mass is 35.5. The van der Waals surface area contributed by atoms with Crippen molar-refractivity contribution in [2.75, 3.05) is 19.0 Å². The van der Waals surface area contributed by atoms with Crippen LogP contribution < -0.4 is 19.5 Å². The molecule has 0 saturated heterocycles. The second-order valence-corrected chi connectivity index (χ2v) is 8.03. The smallest absolute Gasteiger partial charge is 0.262 e. The van der Waals surface area contributed by atoms with Gasteiger partial charge in [0.2, 0.25) is 10.0 Å². The molecular weight excluding hydrogens is 392 g/mol. The molecule has 1 amide bonds. The Morgan fingerprint density at radius 3 is 2.48 bits per heavy atom. The highest BCUT2D eigenvalue weighted by Gasteiger charge is 2.18. The van der Waals surface area contributed by atoms with Crippen molar-refractivity contribution in [3.05, 3.63) is 47.5 Å². The molecule has 7 nitrogen and oxygen atoms in total. The number of methoxy groups -OCH3 is 1. The van der Waals surface area contributed by atoms with Crippen LogP contribution in [0.25, 0.3) is 0 Å². The minimum atomic E-state index is -3.71. The zero-order chi connectivity index (χ0) is 20.0. The number of carbonyl (C=O) groups excluding carboxylic acids is 1. The molecular formula is C18H21ClN2O5S. The van der Waals surface area contributed by atoms with E-state index < -0.39 is 15.9 Å². The van der Waals surface area contributed by atoms with Crippen molar-refractivity contribution >= 4 is 33.2 Å². The largest absolute Gasteiger partial charge is 0.495 e. The number of amides is 1. The fourth-order valence-electron chi connectivity index (χ4n) is 2.22. The van der Waals surface area contributed by atoms with E-state index in [-0.39, 0.29) is 23.2 Å². The third kappa shape index (κ3) is 5.85. The summed E-state index contributed by atoms with van der Waals surface area (Å²) in [6.07, 6.45) is 0. The summed E-state index contributed by atoms with van der Waals surface area (Å²) in [5.41, 5.74) is 0.219. The Kier molecular flexibility index (Phi) is 7.06. The standard InChI is InChI=1S/C18H21ClN2O5S/c1-12(2)21-27(23,24)13-8-9-17(25-3)15(10-13)20-18(22)11-26-16-7-5-4-6-14(16)19/h4-10,12,21H,11H2,1-3H3,(H,20,22). The van der Waals surface area contributed by atoms with Crippen LogP contribution in [0.5, 0.6) is 11.5 Å². The van der Waals surface area contributed by atoms with Crippen molar-refractivity contribution in [3.63, 3.8) is 0 Å². The molecule has 2 rings (SSSR count). The van der Waals surface area contributed by atoms with Gasteiger partial charge in [-0.05, 0) is 44.2 Å². The van der Waals surface area contributed by atoms with Gasteiger partial charge in [-0.3, -0.25) is 4.79 Å². The molecule has 27 heavy (non-hydrogen) atoms. The van der Waals surface area contributed by atoms with Gasteiger partial charge < -0.3 is 14.8 Å². The molecule has 9 heteroatoms. The number of para-hydroxylation sites is 1. The number of benzene rings is 2. The highest BCUT2D eigenvalue weighted by Crippen LogP contribution is 2.28. The van der Waals surface area contributed by atoms with Gasteiger partial charge >= 0.3 is 0 Å². The lowest BCUT2D eigenvalue weighted by Crippen LogP contribution is -2.30. The van der Waals surface area contributed by atoms with Crippen molar-refractivity contribution in [1.82, 2.24) is 4.72 Å². The molecule has 0 aliphatic carbocycles. The molecule has 0 heterocycles. The van der Waals surface area contributed by atoms with Crippen molar-refractivity contribution in [1.29, 1.82) is 0 Å². The molecule has 0 atom stereocenters. The summed E-state index contributed by atoms with van der Waals surface area (Å²) in [5, 5.41) is 2.98. The van der Waals surface area contributed by atoms with Gasteiger partial charge in [0, 0.05) is 6.04 Å². The summed E-state index contributed by atoms with van der Waals surface area (Å²) in [7, 11) is -2.29. The van der Waals surface area contributed by atoms with Gasteiger partial charge in [0.15, 0.2) is 6.61 Å². The van der Waals surface area contributed by atoms with Crippen LogP contribution in [0.4, 0.5) is 5.69 Å². The van der Waals surface area contributed by atoms with Crippen LogP contribution in [-0.4, -0.2) is 34.1 Å². The minimum absolute atomic E-state index is 0.0133. The number of anilines is 1. The Morgan fingerprint density at radius 1 is 1.15 bits per heavy atom. The molecule has 0 radical (unpaired) electrons. The lowest BCUT2D eigenvalue weighted by atomic mass is 10.3. The predicted octanol–water partition coefficient (Wildman–Crippen LogP) is 3.05. The third-order valence-corrected chi connectivity index (χ3v) is 5.31. The lowest BCUT2D eigenvalue weighted by Gasteiger charge is -2.14. The van der Waals surface area contributed by atoms with Crippen molar-refractivity contribution in [2.45, 2.75) is 24.8 Å². The number of hydrogen-bond donors (Lipinski definition) is 2. The zero-order valence-corrected chi connectivity index (χ0v) is 16.7.